The molecule has 140 valence electrons. The normalized spacial score (nSPS) is 10.9. The second-order valence-corrected chi connectivity index (χ2v) is 7.70. The minimum Gasteiger partial charge on any atom is -0.506 e. The SMILES string of the molecule is Cn1cc(CC(=O)CCc2cnc(-c3ccc(O)c(Cl)c3)s2)c(C(=O)O)c1. The van der Waals surface area contributed by atoms with Gasteiger partial charge in [-0.25, -0.2) is 9.78 Å². The zero-order valence-corrected chi connectivity index (χ0v) is 16.0. The number of hydrogen-bond donors (Lipinski definition) is 2. The lowest BCUT2D eigenvalue weighted by Crippen LogP contribution is -2.07. The van der Waals surface area contributed by atoms with Crippen molar-refractivity contribution >= 4 is 34.7 Å². The summed E-state index contributed by atoms with van der Waals surface area (Å²) in [4.78, 5) is 28.8. The molecule has 2 heterocycles. The molecular formula is C19H17ClN2O4S. The van der Waals surface area contributed by atoms with Gasteiger partial charge in [0.05, 0.1) is 10.6 Å². The number of phenolic OH excluding ortho intramolecular Hbond substituents is 1. The zero-order valence-electron chi connectivity index (χ0n) is 14.5. The molecule has 0 saturated carbocycles. The minimum atomic E-state index is -1.03. The number of Topliss-reactive ketones (excluding diaryl/α,β-unsaturated/α-hetero) is 1. The molecule has 0 atom stereocenters. The van der Waals surface area contributed by atoms with Crippen LogP contribution in [0.1, 0.15) is 27.2 Å². The van der Waals surface area contributed by atoms with Crippen molar-refractivity contribution in [3.05, 3.63) is 57.8 Å². The van der Waals surface area contributed by atoms with Crippen molar-refractivity contribution < 1.29 is 19.8 Å². The number of carbonyl (C=O) groups excluding carboxylic acids is 1. The Labute approximate surface area is 164 Å². The number of rotatable bonds is 7. The lowest BCUT2D eigenvalue weighted by atomic mass is 10.0. The maximum atomic E-state index is 12.3. The molecule has 0 aliphatic heterocycles. The number of phenols is 1. The Morgan fingerprint density at radius 3 is 2.78 bits per heavy atom. The first kappa shape index (κ1) is 19.1. The van der Waals surface area contributed by atoms with E-state index in [4.69, 9.17) is 11.6 Å². The van der Waals surface area contributed by atoms with Crippen LogP contribution in [-0.2, 0) is 24.7 Å². The van der Waals surface area contributed by atoms with E-state index in [-0.39, 0.29) is 28.5 Å². The summed E-state index contributed by atoms with van der Waals surface area (Å²) >= 11 is 7.38. The number of hydrogen-bond acceptors (Lipinski definition) is 5. The lowest BCUT2D eigenvalue weighted by Gasteiger charge is -2.00. The summed E-state index contributed by atoms with van der Waals surface area (Å²) < 4.78 is 1.64. The van der Waals surface area contributed by atoms with Gasteiger partial charge in [0.15, 0.2) is 0 Å². The van der Waals surface area contributed by atoms with Gasteiger partial charge in [0.1, 0.15) is 16.5 Å². The number of aryl methyl sites for hydroxylation is 2. The molecule has 0 fully saturated rings. The summed E-state index contributed by atoms with van der Waals surface area (Å²) in [6.45, 7) is 0. The van der Waals surface area contributed by atoms with Gasteiger partial charge in [-0.2, -0.15) is 0 Å². The number of benzene rings is 1. The number of carboxylic acids is 1. The Hall–Kier alpha value is -2.64. The molecule has 0 unspecified atom stereocenters. The van der Waals surface area contributed by atoms with Gasteiger partial charge in [0, 0.05) is 48.9 Å². The van der Waals surface area contributed by atoms with Crippen molar-refractivity contribution in [1.29, 1.82) is 0 Å². The first-order valence-corrected chi connectivity index (χ1v) is 9.36. The molecule has 0 aliphatic carbocycles. The smallest absolute Gasteiger partial charge is 0.337 e. The van der Waals surface area contributed by atoms with Crippen LogP contribution in [0, 0.1) is 0 Å². The summed E-state index contributed by atoms with van der Waals surface area (Å²) in [7, 11) is 1.73. The molecule has 0 amide bonds. The van der Waals surface area contributed by atoms with Crippen molar-refractivity contribution in [2.45, 2.75) is 19.3 Å². The highest BCUT2D eigenvalue weighted by Gasteiger charge is 2.16. The van der Waals surface area contributed by atoms with E-state index in [1.165, 1.54) is 23.6 Å². The lowest BCUT2D eigenvalue weighted by molar-refractivity contribution is -0.118. The molecule has 0 bridgehead atoms. The molecule has 8 heteroatoms. The molecule has 0 saturated heterocycles. The van der Waals surface area contributed by atoms with Crippen LogP contribution in [0.5, 0.6) is 5.75 Å². The Morgan fingerprint density at radius 2 is 2.07 bits per heavy atom. The van der Waals surface area contributed by atoms with E-state index < -0.39 is 5.97 Å². The molecule has 1 aromatic carbocycles. The summed E-state index contributed by atoms with van der Waals surface area (Å²) in [5, 5.41) is 19.7. The summed E-state index contributed by atoms with van der Waals surface area (Å²) in [5.41, 5.74) is 1.49. The number of ketones is 1. The number of halogens is 1. The third kappa shape index (κ3) is 4.56. The van der Waals surface area contributed by atoms with Crippen molar-refractivity contribution in [3.8, 4) is 16.3 Å². The topological polar surface area (TPSA) is 92.4 Å². The van der Waals surface area contributed by atoms with Crippen LogP contribution in [0.3, 0.4) is 0 Å². The van der Waals surface area contributed by atoms with Crippen LogP contribution in [0.2, 0.25) is 5.02 Å². The third-order valence-corrected chi connectivity index (χ3v) is 5.46. The van der Waals surface area contributed by atoms with Gasteiger partial charge in [0.25, 0.3) is 0 Å². The van der Waals surface area contributed by atoms with E-state index in [1.807, 2.05) is 0 Å². The van der Waals surface area contributed by atoms with Gasteiger partial charge in [-0.15, -0.1) is 11.3 Å². The second-order valence-electron chi connectivity index (χ2n) is 6.18. The number of carbonyl (C=O) groups is 2. The molecule has 2 aromatic heterocycles. The number of nitrogens with zero attached hydrogens (tertiary/aromatic N) is 2. The van der Waals surface area contributed by atoms with Gasteiger partial charge < -0.3 is 14.8 Å². The fourth-order valence-electron chi connectivity index (χ4n) is 2.73. The monoisotopic (exact) mass is 404 g/mol. The zero-order chi connectivity index (χ0) is 19.6. The van der Waals surface area contributed by atoms with Gasteiger partial charge in [-0.3, -0.25) is 4.79 Å². The molecule has 3 aromatic rings. The van der Waals surface area contributed by atoms with Gasteiger partial charge in [-0.05, 0) is 30.2 Å². The maximum Gasteiger partial charge on any atom is 0.337 e. The van der Waals surface area contributed by atoms with E-state index in [1.54, 1.807) is 36.1 Å². The molecule has 2 N–H and O–H groups in total. The van der Waals surface area contributed by atoms with Crippen LogP contribution in [0.4, 0.5) is 0 Å². The van der Waals surface area contributed by atoms with Crippen molar-refractivity contribution in [3.63, 3.8) is 0 Å². The Morgan fingerprint density at radius 1 is 1.30 bits per heavy atom. The number of carboxylic acid groups (broad SMARTS) is 1. The average molecular weight is 405 g/mol. The molecular weight excluding hydrogens is 388 g/mol. The Balaban J connectivity index is 1.62. The quantitative estimate of drug-likeness (QED) is 0.622. The summed E-state index contributed by atoms with van der Waals surface area (Å²) in [6.07, 6.45) is 5.84. The highest BCUT2D eigenvalue weighted by atomic mass is 35.5. The number of aromatic nitrogens is 2. The van der Waals surface area contributed by atoms with E-state index in [9.17, 15) is 19.8 Å². The van der Waals surface area contributed by atoms with Crippen LogP contribution in [-0.4, -0.2) is 31.5 Å². The van der Waals surface area contributed by atoms with Crippen LogP contribution in [0.15, 0.2) is 36.8 Å². The summed E-state index contributed by atoms with van der Waals surface area (Å²) in [6, 6.07) is 4.90. The van der Waals surface area contributed by atoms with Crippen LogP contribution >= 0.6 is 22.9 Å². The van der Waals surface area contributed by atoms with E-state index in [0.29, 0.717) is 18.4 Å². The molecule has 0 spiro atoms. The number of aromatic carboxylic acids is 1. The summed E-state index contributed by atoms with van der Waals surface area (Å²) in [5.74, 6) is -1.03. The highest BCUT2D eigenvalue weighted by molar-refractivity contribution is 7.15. The van der Waals surface area contributed by atoms with Crippen molar-refractivity contribution in [2.75, 3.05) is 0 Å². The molecule has 3 rings (SSSR count). The average Bonchev–Trinajstić information content (AvgIpc) is 3.22. The Bertz CT molecular complexity index is 1010. The van der Waals surface area contributed by atoms with Gasteiger partial charge >= 0.3 is 5.97 Å². The molecule has 0 aliphatic rings. The van der Waals surface area contributed by atoms with Gasteiger partial charge in [-0.1, -0.05) is 11.6 Å². The largest absolute Gasteiger partial charge is 0.506 e. The molecule has 6 nitrogen and oxygen atoms in total. The predicted molar refractivity (Wildman–Crippen MR) is 104 cm³/mol. The van der Waals surface area contributed by atoms with Crippen LogP contribution < -0.4 is 0 Å². The highest BCUT2D eigenvalue weighted by Crippen LogP contribution is 2.32. The fraction of sp³-hybridized carbons (Fsp3) is 0.211. The van der Waals surface area contributed by atoms with E-state index >= 15 is 0 Å². The maximum absolute atomic E-state index is 12.3. The second kappa shape index (κ2) is 7.94. The standard InChI is InChI=1S/C19H17ClN2O4S/c1-22-9-12(15(10-22)19(25)26)6-13(23)3-4-14-8-21-18(27-14)11-2-5-17(24)16(20)7-11/h2,5,7-10,24H,3-4,6H2,1H3,(H,25,26). The minimum absolute atomic E-state index is 0.0180. The molecule has 27 heavy (non-hydrogen) atoms. The van der Waals surface area contributed by atoms with Crippen molar-refractivity contribution in [2.24, 2.45) is 7.05 Å². The number of thiazole rings is 1. The predicted octanol–water partition coefficient (Wildman–Crippen LogP) is 3.95. The van der Waals surface area contributed by atoms with Crippen LogP contribution in [0.25, 0.3) is 10.6 Å². The van der Waals surface area contributed by atoms with E-state index in [0.717, 1.165) is 15.4 Å². The van der Waals surface area contributed by atoms with E-state index in [2.05, 4.69) is 4.98 Å². The molecule has 0 radical (unpaired) electrons. The van der Waals surface area contributed by atoms with Gasteiger partial charge in [0.2, 0.25) is 0 Å². The first-order valence-electron chi connectivity index (χ1n) is 8.17. The first-order chi connectivity index (χ1) is 12.8. The fourth-order valence-corrected chi connectivity index (χ4v) is 3.82. The Kier molecular flexibility index (Phi) is 5.62. The van der Waals surface area contributed by atoms with Crippen molar-refractivity contribution in [1.82, 2.24) is 9.55 Å². The number of aromatic hydroxyl groups is 1. The third-order valence-electron chi connectivity index (χ3n) is 4.05.